The van der Waals surface area contributed by atoms with Crippen molar-refractivity contribution in [2.45, 2.75) is 85.9 Å². The summed E-state index contributed by atoms with van der Waals surface area (Å²) in [6, 6.07) is 7.22. The Morgan fingerprint density at radius 1 is 0.513 bits per heavy atom. The normalized spacial score (nSPS) is 14.1. The van der Waals surface area contributed by atoms with Gasteiger partial charge in [0.15, 0.2) is 0 Å². The van der Waals surface area contributed by atoms with Crippen LogP contribution < -0.4 is 0 Å². The quantitative estimate of drug-likeness (QED) is 0.161. The zero-order valence-electron chi connectivity index (χ0n) is 25.0. The third kappa shape index (κ3) is 20.4. The first-order valence-electron chi connectivity index (χ1n) is 14.4. The van der Waals surface area contributed by atoms with Crippen molar-refractivity contribution in [3.63, 3.8) is 0 Å². The smallest absolute Gasteiger partial charge is 0.110 e. The lowest BCUT2D eigenvalue weighted by Gasteiger charge is -2.27. The van der Waals surface area contributed by atoms with Gasteiger partial charge in [0, 0.05) is 13.2 Å². The van der Waals surface area contributed by atoms with Gasteiger partial charge >= 0.3 is 0 Å². The third-order valence-corrected chi connectivity index (χ3v) is 5.67. The molecule has 0 fully saturated rings. The van der Waals surface area contributed by atoms with Crippen LogP contribution in [0.15, 0.2) is 24.3 Å². The van der Waals surface area contributed by atoms with E-state index in [0.29, 0.717) is 64.0 Å². The van der Waals surface area contributed by atoms with E-state index in [1.807, 2.05) is 13.8 Å². The van der Waals surface area contributed by atoms with E-state index in [2.05, 4.69) is 13.8 Å². The first kappa shape index (κ1) is 40.0. The Kier molecular flexibility index (Phi) is 26.5. The molecule has 0 saturated carbocycles. The molecule has 8 nitrogen and oxygen atoms in total. The third-order valence-electron chi connectivity index (χ3n) is 5.67. The molecule has 0 spiro atoms. The number of unbranched alkanes of at least 4 members (excludes halogenated alkanes) is 2. The second-order valence-electron chi connectivity index (χ2n) is 9.39. The van der Waals surface area contributed by atoms with Crippen LogP contribution in [-0.4, -0.2) is 89.5 Å². The molecule has 232 valence electrons. The van der Waals surface area contributed by atoms with Crippen LogP contribution in [0.25, 0.3) is 0 Å². The molecule has 8 heteroatoms. The van der Waals surface area contributed by atoms with Crippen LogP contribution in [0, 0.1) is 0 Å². The molecule has 2 unspecified atom stereocenters. The van der Waals surface area contributed by atoms with E-state index in [-0.39, 0.29) is 20.6 Å². The Labute approximate surface area is 239 Å². The Morgan fingerprint density at radius 2 is 0.769 bits per heavy atom. The van der Waals surface area contributed by atoms with Crippen LogP contribution in [0.2, 0.25) is 0 Å². The van der Waals surface area contributed by atoms with Crippen molar-refractivity contribution in [2.75, 3.05) is 79.3 Å². The first-order valence-corrected chi connectivity index (χ1v) is 14.4. The SMILES string of the molecule is C.CC.CCCCOCCOCCOCC(C)(O)c1ccc(C(C)(O)COCCOCCOCCCC)cc1. The van der Waals surface area contributed by atoms with E-state index >= 15 is 0 Å². The Hall–Kier alpha value is -1.10. The summed E-state index contributed by atoms with van der Waals surface area (Å²) in [5.41, 5.74) is -0.880. The molecule has 0 saturated heterocycles. The minimum absolute atomic E-state index is 0. The average molecular weight is 561 g/mol. The number of rotatable bonds is 24. The molecule has 0 aliphatic carbocycles. The lowest BCUT2D eigenvalue weighted by Crippen LogP contribution is -2.30. The fraction of sp³-hybridized carbons (Fsp3) is 0.806. The van der Waals surface area contributed by atoms with Crippen molar-refractivity contribution >= 4 is 0 Å². The molecule has 39 heavy (non-hydrogen) atoms. The van der Waals surface area contributed by atoms with Gasteiger partial charge in [0.1, 0.15) is 11.2 Å². The molecule has 0 heterocycles. The topological polar surface area (TPSA) is 95.8 Å². The van der Waals surface area contributed by atoms with Gasteiger partial charge in [-0.15, -0.1) is 0 Å². The highest BCUT2D eigenvalue weighted by molar-refractivity contribution is 5.30. The number of hydrogen-bond donors (Lipinski definition) is 2. The van der Waals surface area contributed by atoms with Gasteiger partial charge in [-0.25, -0.2) is 0 Å². The Bertz CT molecular complexity index is 579. The van der Waals surface area contributed by atoms with Crippen LogP contribution in [0.3, 0.4) is 0 Å². The van der Waals surface area contributed by atoms with Crippen molar-refractivity contribution in [1.82, 2.24) is 0 Å². The summed E-state index contributed by atoms with van der Waals surface area (Å²) < 4.78 is 33.1. The second kappa shape index (κ2) is 25.8. The van der Waals surface area contributed by atoms with Crippen LogP contribution >= 0.6 is 0 Å². The molecular formula is C31H60O8. The van der Waals surface area contributed by atoms with E-state index < -0.39 is 11.2 Å². The maximum absolute atomic E-state index is 10.8. The lowest BCUT2D eigenvalue weighted by molar-refractivity contribution is -0.0566. The van der Waals surface area contributed by atoms with Gasteiger partial charge in [-0.2, -0.15) is 0 Å². The summed E-state index contributed by atoms with van der Waals surface area (Å²) in [7, 11) is 0. The Balaban J connectivity index is 0. The van der Waals surface area contributed by atoms with E-state index in [0.717, 1.165) is 38.9 Å². The predicted octanol–water partition coefficient (Wildman–Crippen LogP) is 5.46. The second-order valence-corrected chi connectivity index (χ2v) is 9.39. The molecule has 0 amide bonds. The van der Waals surface area contributed by atoms with Crippen molar-refractivity contribution in [1.29, 1.82) is 0 Å². The molecule has 0 aromatic heterocycles. The fourth-order valence-corrected chi connectivity index (χ4v) is 3.27. The van der Waals surface area contributed by atoms with Gasteiger partial charge in [-0.3, -0.25) is 0 Å². The fourth-order valence-electron chi connectivity index (χ4n) is 3.27. The molecule has 1 aromatic rings. The zero-order chi connectivity index (χ0) is 28.5. The van der Waals surface area contributed by atoms with Crippen LogP contribution in [-0.2, 0) is 39.6 Å². The summed E-state index contributed by atoms with van der Waals surface area (Å²) >= 11 is 0. The van der Waals surface area contributed by atoms with E-state index in [4.69, 9.17) is 28.4 Å². The zero-order valence-corrected chi connectivity index (χ0v) is 25.0. The van der Waals surface area contributed by atoms with Gasteiger partial charge in [-0.05, 0) is 37.8 Å². The van der Waals surface area contributed by atoms with Crippen molar-refractivity contribution < 1.29 is 38.6 Å². The maximum atomic E-state index is 10.8. The minimum atomic E-state index is -1.15. The molecule has 2 atom stereocenters. The minimum Gasteiger partial charge on any atom is -0.383 e. The lowest BCUT2D eigenvalue weighted by atomic mass is 9.91. The summed E-state index contributed by atoms with van der Waals surface area (Å²) in [6.07, 6.45) is 4.37. The average Bonchev–Trinajstić information content (AvgIpc) is 2.92. The van der Waals surface area contributed by atoms with Crippen molar-refractivity contribution in [3.8, 4) is 0 Å². The van der Waals surface area contributed by atoms with Gasteiger partial charge in [0.05, 0.1) is 66.1 Å². The molecule has 0 radical (unpaired) electrons. The standard InChI is InChI=1S/C28H50O8.C2H6.CH4/c1-5-7-13-31-15-17-33-19-21-35-23-27(3,29)25-9-11-26(12-10-25)28(4,30)24-36-22-20-34-18-16-32-14-8-6-2;1-2;/h9-12,29-30H,5-8,13-24H2,1-4H3;1-2H3;1H4. The first-order chi connectivity index (χ1) is 18.3. The van der Waals surface area contributed by atoms with Crippen LogP contribution in [0.1, 0.15) is 85.8 Å². The molecular weight excluding hydrogens is 500 g/mol. The molecule has 1 aromatic carbocycles. The predicted molar refractivity (Wildman–Crippen MR) is 158 cm³/mol. The number of aliphatic hydroxyl groups is 2. The van der Waals surface area contributed by atoms with Gasteiger partial charge in [-0.1, -0.05) is 72.2 Å². The molecule has 0 bridgehead atoms. The summed E-state index contributed by atoms with van der Waals surface area (Å²) in [5, 5.41) is 21.6. The number of hydrogen-bond acceptors (Lipinski definition) is 8. The molecule has 2 N–H and O–H groups in total. The van der Waals surface area contributed by atoms with E-state index in [1.165, 1.54) is 0 Å². The highest BCUT2D eigenvalue weighted by Crippen LogP contribution is 2.26. The molecule has 0 aliphatic rings. The van der Waals surface area contributed by atoms with Crippen LogP contribution in [0.5, 0.6) is 0 Å². The summed E-state index contributed by atoms with van der Waals surface area (Å²) in [4.78, 5) is 0. The number of benzene rings is 1. The van der Waals surface area contributed by atoms with Gasteiger partial charge in [0.25, 0.3) is 0 Å². The van der Waals surface area contributed by atoms with Crippen molar-refractivity contribution in [2.24, 2.45) is 0 Å². The highest BCUT2D eigenvalue weighted by atomic mass is 16.6. The molecule has 0 aliphatic heterocycles. The highest BCUT2D eigenvalue weighted by Gasteiger charge is 2.27. The summed E-state index contributed by atoms with van der Waals surface area (Å²) in [5.74, 6) is 0. The summed E-state index contributed by atoms with van der Waals surface area (Å²) in [6.45, 7) is 17.4. The van der Waals surface area contributed by atoms with E-state index in [1.54, 1.807) is 38.1 Å². The Morgan fingerprint density at radius 3 is 1.05 bits per heavy atom. The van der Waals surface area contributed by atoms with Gasteiger partial charge in [0.2, 0.25) is 0 Å². The number of ether oxygens (including phenoxy) is 6. The van der Waals surface area contributed by atoms with Gasteiger partial charge < -0.3 is 38.6 Å². The largest absolute Gasteiger partial charge is 0.383 e. The van der Waals surface area contributed by atoms with Crippen molar-refractivity contribution in [3.05, 3.63) is 35.4 Å². The molecule has 1 rings (SSSR count). The van der Waals surface area contributed by atoms with Crippen LogP contribution in [0.4, 0.5) is 0 Å². The van der Waals surface area contributed by atoms with E-state index in [9.17, 15) is 10.2 Å². The maximum Gasteiger partial charge on any atom is 0.110 e. The monoisotopic (exact) mass is 560 g/mol.